The molecule has 0 fully saturated rings. The quantitative estimate of drug-likeness (QED) is 0.848. The van der Waals surface area contributed by atoms with E-state index in [2.05, 4.69) is 66.3 Å². The van der Waals surface area contributed by atoms with Gasteiger partial charge in [-0.25, -0.2) is 0 Å². The topological polar surface area (TPSA) is 41.0 Å². The second-order valence-corrected chi connectivity index (χ2v) is 6.25. The molecule has 0 unspecified atom stereocenters. The minimum absolute atomic E-state index is 0.106. The summed E-state index contributed by atoms with van der Waals surface area (Å²) < 4.78 is 0. The lowest BCUT2D eigenvalue weighted by Crippen LogP contribution is -2.35. The van der Waals surface area contributed by atoms with Crippen molar-refractivity contribution in [1.29, 1.82) is 0 Å². The van der Waals surface area contributed by atoms with E-state index in [1.54, 1.807) is 0 Å². The highest BCUT2D eigenvalue weighted by Crippen LogP contribution is 2.16. The van der Waals surface area contributed by atoms with Gasteiger partial charge in [-0.05, 0) is 46.2 Å². The van der Waals surface area contributed by atoms with E-state index in [1.165, 1.54) is 5.57 Å². The summed E-state index contributed by atoms with van der Waals surface area (Å²) in [6.07, 6.45) is 3.40. The van der Waals surface area contributed by atoms with Gasteiger partial charge in [-0.1, -0.05) is 11.6 Å². The summed E-state index contributed by atoms with van der Waals surface area (Å²) in [5, 5.41) is 12.1. The van der Waals surface area contributed by atoms with Crippen molar-refractivity contribution in [3.63, 3.8) is 0 Å². The Morgan fingerprint density at radius 3 is 2.63 bits per heavy atom. The van der Waals surface area contributed by atoms with Crippen LogP contribution < -0.4 is 10.2 Å². The molecule has 0 aliphatic carbocycles. The lowest BCUT2D eigenvalue weighted by Gasteiger charge is -2.26. The summed E-state index contributed by atoms with van der Waals surface area (Å²) in [5.41, 5.74) is 2.50. The van der Waals surface area contributed by atoms with E-state index in [1.807, 2.05) is 0 Å². The summed E-state index contributed by atoms with van der Waals surface area (Å²) >= 11 is 0. The van der Waals surface area contributed by atoms with Crippen LogP contribution in [0.25, 0.3) is 0 Å². The number of anilines is 1. The zero-order valence-electron chi connectivity index (χ0n) is 12.4. The van der Waals surface area contributed by atoms with E-state index in [0.717, 1.165) is 37.6 Å². The zero-order valence-corrected chi connectivity index (χ0v) is 12.4. The van der Waals surface area contributed by atoms with Crippen LogP contribution in [0.5, 0.6) is 0 Å². The lowest BCUT2D eigenvalue weighted by atomic mass is 10.1. The molecule has 19 heavy (non-hydrogen) atoms. The average Bonchev–Trinajstić information content (AvgIpc) is 2.36. The minimum Gasteiger partial charge on any atom is -0.351 e. The third kappa shape index (κ3) is 4.31. The first-order chi connectivity index (χ1) is 8.94. The van der Waals surface area contributed by atoms with Gasteiger partial charge in [0, 0.05) is 25.2 Å². The van der Waals surface area contributed by atoms with Gasteiger partial charge in [0.2, 0.25) is 0 Å². The molecule has 1 N–H and O–H groups in total. The third-order valence-electron chi connectivity index (χ3n) is 3.16. The van der Waals surface area contributed by atoms with Crippen LogP contribution in [0.4, 0.5) is 5.82 Å². The Morgan fingerprint density at radius 1 is 1.26 bits per heavy atom. The molecule has 2 rings (SSSR count). The van der Waals surface area contributed by atoms with E-state index >= 15 is 0 Å². The van der Waals surface area contributed by atoms with Gasteiger partial charge in [-0.15, -0.1) is 5.10 Å². The highest BCUT2D eigenvalue weighted by Gasteiger charge is 2.13. The zero-order chi connectivity index (χ0) is 13.9. The number of hydrogen-bond donors (Lipinski definition) is 1. The SMILES string of the molecule is CC1=CCCN(c2ccc(CNC(C)(C)C)nn2)C1. The van der Waals surface area contributed by atoms with Crippen LogP contribution in [-0.2, 0) is 6.54 Å². The van der Waals surface area contributed by atoms with Gasteiger partial charge < -0.3 is 10.2 Å². The van der Waals surface area contributed by atoms with Crippen LogP contribution in [0.15, 0.2) is 23.8 Å². The standard InChI is InChI=1S/C15H24N4/c1-12-6-5-9-19(11-12)14-8-7-13(17-18-14)10-16-15(2,3)4/h6-8,16H,5,9-11H2,1-4H3. The number of rotatable bonds is 3. The number of hydrogen-bond acceptors (Lipinski definition) is 4. The fraction of sp³-hybridized carbons (Fsp3) is 0.600. The summed E-state index contributed by atoms with van der Waals surface area (Å²) in [5.74, 6) is 0.979. The second kappa shape index (κ2) is 5.70. The molecular weight excluding hydrogens is 236 g/mol. The Labute approximate surface area is 115 Å². The van der Waals surface area contributed by atoms with Gasteiger partial charge in [0.25, 0.3) is 0 Å². The van der Waals surface area contributed by atoms with Crippen molar-refractivity contribution in [2.45, 2.75) is 46.2 Å². The minimum atomic E-state index is 0.106. The van der Waals surface area contributed by atoms with E-state index < -0.39 is 0 Å². The number of nitrogens with zero attached hydrogens (tertiary/aromatic N) is 3. The normalized spacial score (nSPS) is 16.4. The maximum Gasteiger partial charge on any atom is 0.151 e. The molecular formula is C15H24N4. The van der Waals surface area contributed by atoms with Crippen molar-refractivity contribution in [3.05, 3.63) is 29.5 Å². The molecule has 4 nitrogen and oxygen atoms in total. The van der Waals surface area contributed by atoms with Crippen LogP contribution in [-0.4, -0.2) is 28.8 Å². The molecule has 0 amide bonds. The van der Waals surface area contributed by atoms with Crippen molar-refractivity contribution < 1.29 is 0 Å². The smallest absolute Gasteiger partial charge is 0.151 e. The van der Waals surface area contributed by atoms with Crippen molar-refractivity contribution >= 4 is 5.82 Å². The Bertz CT molecular complexity index is 442. The van der Waals surface area contributed by atoms with Gasteiger partial charge in [-0.2, -0.15) is 5.10 Å². The Hall–Kier alpha value is -1.42. The molecule has 0 saturated heterocycles. The molecule has 0 aromatic carbocycles. The summed E-state index contributed by atoms with van der Waals surface area (Å²) in [6, 6.07) is 4.14. The highest BCUT2D eigenvalue weighted by atomic mass is 15.3. The maximum atomic E-state index is 4.35. The monoisotopic (exact) mass is 260 g/mol. The van der Waals surface area contributed by atoms with Crippen LogP contribution in [0.2, 0.25) is 0 Å². The third-order valence-corrected chi connectivity index (χ3v) is 3.16. The van der Waals surface area contributed by atoms with Gasteiger partial charge in [0.05, 0.1) is 5.69 Å². The highest BCUT2D eigenvalue weighted by molar-refractivity contribution is 5.40. The molecule has 0 bridgehead atoms. The predicted octanol–water partition coefficient (Wildman–Crippen LogP) is 2.52. The van der Waals surface area contributed by atoms with Gasteiger partial charge in [0.1, 0.15) is 0 Å². The molecule has 0 spiro atoms. The maximum absolute atomic E-state index is 4.35. The van der Waals surface area contributed by atoms with E-state index in [4.69, 9.17) is 0 Å². The Kier molecular flexibility index (Phi) is 4.20. The summed E-state index contributed by atoms with van der Waals surface area (Å²) in [4.78, 5) is 2.28. The van der Waals surface area contributed by atoms with E-state index in [-0.39, 0.29) is 5.54 Å². The van der Waals surface area contributed by atoms with Crippen LogP contribution in [0.1, 0.15) is 39.8 Å². The van der Waals surface area contributed by atoms with Gasteiger partial charge >= 0.3 is 0 Å². The molecule has 104 valence electrons. The first-order valence-corrected chi connectivity index (χ1v) is 6.92. The fourth-order valence-corrected chi connectivity index (χ4v) is 2.08. The average molecular weight is 260 g/mol. The van der Waals surface area contributed by atoms with Crippen LogP contribution in [0, 0.1) is 0 Å². The molecule has 0 saturated carbocycles. The molecule has 1 aliphatic heterocycles. The molecule has 1 aromatic heterocycles. The Morgan fingerprint density at radius 2 is 2.05 bits per heavy atom. The number of nitrogens with one attached hydrogen (secondary N) is 1. The van der Waals surface area contributed by atoms with E-state index in [9.17, 15) is 0 Å². The first kappa shape index (κ1) is 14.0. The van der Waals surface area contributed by atoms with Gasteiger partial charge in [-0.3, -0.25) is 0 Å². The van der Waals surface area contributed by atoms with Crippen LogP contribution in [0.3, 0.4) is 0 Å². The van der Waals surface area contributed by atoms with E-state index in [0.29, 0.717) is 0 Å². The fourth-order valence-electron chi connectivity index (χ4n) is 2.08. The summed E-state index contributed by atoms with van der Waals surface area (Å²) in [6.45, 7) is 11.4. The van der Waals surface area contributed by atoms with Crippen LogP contribution >= 0.6 is 0 Å². The Balaban J connectivity index is 1.97. The van der Waals surface area contributed by atoms with Crippen molar-refractivity contribution in [2.24, 2.45) is 0 Å². The molecule has 0 radical (unpaired) electrons. The van der Waals surface area contributed by atoms with Crippen molar-refractivity contribution in [3.8, 4) is 0 Å². The molecule has 2 heterocycles. The first-order valence-electron chi connectivity index (χ1n) is 6.92. The number of aromatic nitrogens is 2. The largest absolute Gasteiger partial charge is 0.351 e. The predicted molar refractivity (Wildman–Crippen MR) is 79.2 cm³/mol. The molecule has 1 aliphatic rings. The summed E-state index contributed by atoms with van der Waals surface area (Å²) in [7, 11) is 0. The second-order valence-electron chi connectivity index (χ2n) is 6.25. The van der Waals surface area contributed by atoms with Crippen molar-refractivity contribution in [2.75, 3.05) is 18.0 Å². The molecule has 0 atom stereocenters. The molecule has 4 heteroatoms. The molecule has 1 aromatic rings. The van der Waals surface area contributed by atoms with Gasteiger partial charge in [0.15, 0.2) is 5.82 Å². The lowest BCUT2D eigenvalue weighted by molar-refractivity contribution is 0.420. The van der Waals surface area contributed by atoms with Crippen molar-refractivity contribution in [1.82, 2.24) is 15.5 Å².